The lowest BCUT2D eigenvalue weighted by Crippen LogP contribution is -2.29. The normalized spacial score (nSPS) is 10.2. The fraction of sp³-hybridized carbons (Fsp3) is 0.143. The average molecular weight is 308 g/mol. The van der Waals surface area contributed by atoms with E-state index in [4.69, 9.17) is 5.11 Å². The number of nitrogens with one attached hydrogen (secondary N) is 2. The minimum absolute atomic E-state index is 0.0806. The van der Waals surface area contributed by atoms with Crippen molar-refractivity contribution >= 4 is 29.0 Å². The van der Waals surface area contributed by atoms with Crippen molar-refractivity contribution in [1.82, 2.24) is 5.32 Å². The van der Waals surface area contributed by atoms with Crippen LogP contribution in [0.5, 0.6) is 0 Å². The van der Waals surface area contributed by atoms with Crippen molar-refractivity contribution in [3.05, 3.63) is 51.5 Å². The summed E-state index contributed by atoms with van der Waals surface area (Å²) in [5.41, 5.74) is 0.431. The summed E-state index contributed by atoms with van der Waals surface area (Å²) in [5.74, 6) is -2.33. The molecule has 1 aromatic heterocycles. The van der Waals surface area contributed by atoms with Gasteiger partial charge < -0.3 is 15.7 Å². The van der Waals surface area contributed by atoms with Crippen LogP contribution in [0.1, 0.15) is 20.8 Å². The molecule has 21 heavy (non-hydrogen) atoms. The number of carbonyl (C=O) groups excluding carboxylic acids is 1. The Kier molecular flexibility index (Phi) is 4.54. The van der Waals surface area contributed by atoms with Gasteiger partial charge in [0.1, 0.15) is 11.4 Å². The molecule has 0 unspecified atom stereocenters. The Labute approximate surface area is 124 Å². The minimum atomic E-state index is -1.43. The highest BCUT2D eigenvalue weighted by molar-refractivity contribution is 7.10. The molecule has 0 saturated heterocycles. The summed E-state index contributed by atoms with van der Waals surface area (Å²) < 4.78 is 13.5. The van der Waals surface area contributed by atoms with Gasteiger partial charge in [0, 0.05) is 4.88 Å². The summed E-state index contributed by atoms with van der Waals surface area (Å²) in [6, 6.07) is 5.05. The quantitative estimate of drug-likeness (QED) is 0.811. The van der Waals surface area contributed by atoms with Crippen LogP contribution in [0, 0.1) is 12.7 Å². The van der Waals surface area contributed by atoms with Crippen molar-refractivity contribution in [2.75, 3.05) is 5.32 Å². The molecule has 5 nitrogen and oxygen atoms in total. The van der Waals surface area contributed by atoms with E-state index in [0.29, 0.717) is 6.54 Å². The molecule has 0 bridgehead atoms. The number of aromatic carboxylic acids is 1. The third kappa shape index (κ3) is 3.57. The summed E-state index contributed by atoms with van der Waals surface area (Å²) in [6.07, 6.45) is 0. The summed E-state index contributed by atoms with van der Waals surface area (Å²) in [7, 11) is 0. The van der Waals surface area contributed by atoms with E-state index in [9.17, 15) is 14.0 Å². The number of halogens is 1. The Bertz CT molecular complexity index is 685. The van der Waals surface area contributed by atoms with Crippen LogP contribution in [0.4, 0.5) is 14.9 Å². The second kappa shape index (κ2) is 6.36. The van der Waals surface area contributed by atoms with Crippen molar-refractivity contribution in [2.45, 2.75) is 13.5 Å². The van der Waals surface area contributed by atoms with E-state index in [1.54, 1.807) is 0 Å². The van der Waals surface area contributed by atoms with Crippen LogP contribution in [-0.4, -0.2) is 17.1 Å². The van der Waals surface area contributed by atoms with Gasteiger partial charge in [-0.1, -0.05) is 6.07 Å². The number of benzene rings is 1. The third-order valence-corrected chi connectivity index (χ3v) is 3.88. The lowest BCUT2D eigenvalue weighted by molar-refractivity contribution is 0.0693. The summed E-state index contributed by atoms with van der Waals surface area (Å²) in [5, 5.41) is 15.8. The molecular formula is C14H13FN2O3S. The average Bonchev–Trinajstić information content (AvgIpc) is 2.81. The van der Waals surface area contributed by atoms with Crippen molar-refractivity contribution < 1.29 is 19.1 Å². The molecule has 2 aromatic rings. The molecule has 1 aromatic carbocycles. The van der Waals surface area contributed by atoms with Crippen LogP contribution in [0.3, 0.4) is 0 Å². The fourth-order valence-electron chi connectivity index (χ4n) is 1.76. The number of aryl methyl sites for hydroxylation is 1. The number of hydrogen-bond acceptors (Lipinski definition) is 3. The zero-order valence-corrected chi connectivity index (χ0v) is 12.0. The maximum Gasteiger partial charge on any atom is 0.340 e. The van der Waals surface area contributed by atoms with Crippen LogP contribution in [0.15, 0.2) is 29.6 Å². The van der Waals surface area contributed by atoms with Crippen molar-refractivity contribution in [3.8, 4) is 0 Å². The topological polar surface area (TPSA) is 78.4 Å². The Hall–Kier alpha value is -2.41. The number of anilines is 1. The fourth-order valence-corrected chi connectivity index (χ4v) is 2.60. The standard InChI is InChI=1S/C14H13FN2O3S/c1-8-5-6-21-11(8)7-16-14(20)17-10-4-2-3-9(15)12(10)13(18)19/h2-6H,7H2,1H3,(H,18,19)(H2,16,17,20). The van der Waals surface area contributed by atoms with Gasteiger partial charge in [-0.25, -0.2) is 14.0 Å². The maximum atomic E-state index is 13.5. The van der Waals surface area contributed by atoms with E-state index < -0.39 is 23.4 Å². The molecule has 7 heteroatoms. The maximum absolute atomic E-state index is 13.5. The van der Waals surface area contributed by atoms with Gasteiger partial charge in [0.15, 0.2) is 0 Å². The summed E-state index contributed by atoms with van der Waals surface area (Å²) in [4.78, 5) is 23.8. The van der Waals surface area contributed by atoms with Crippen LogP contribution < -0.4 is 10.6 Å². The Morgan fingerprint density at radius 2 is 2.10 bits per heavy atom. The lowest BCUT2D eigenvalue weighted by Gasteiger charge is -2.10. The second-order valence-corrected chi connectivity index (χ2v) is 5.30. The number of amides is 2. The summed E-state index contributed by atoms with van der Waals surface area (Å²) >= 11 is 1.51. The molecule has 0 aliphatic rings. The molecule has 1 heterocycles. The van der Waals surface area contributed by atoms with E-state index in [1.807, 2.05) is 18.4 Å². The van der Waals surface area contributed by atoms with Gasteiger partial charge in [0.05, 0.1) is 12.2 Å². The van der Waals surface area contributed by atoms with Crippen molar-refractivity contribution in [1.29, 1.82) is 0 Å². The molecule has 0 saturated carbocycles. The predicted octanol–water partition coefficient (Wildman–Crippen LogP) is 3.22. The molecule has 0 spiro atoms. The number of hydrogen-bond donors (Lipinski definition) is 3. The predicted molar refractivity (Wildman–Crippen MR) is 78.3 cm³/mol. The number of urea groups is 1. The zero-order valence-electron chi connectivity index (χ0n) is 11.1. The van der Waals surface area contributed by atoms with E-state index in [2.05, 4.69) is 10.6 Å². The van der Waals surface area contributed by atoms with Crippen LogP contribution in [-0.2, 0) is 6.54 Å². The van der Waals surface area contributed by atoms with E-state index >= 15 is 0 Å². The zero-order chi connectivity index (χ0) is 15.4. The first kappa shape index (κ1) is 15.0. The Morgan fingerprint density at radius 3 is 2.71 bits per heavy atom. The van der Waals surface area contributed by atoms with Gasteiger partial charge in [-0.05, 0) is 36.1 Å². The highest BCUT2D eigenvalue weighted by Crippen LogP contribution is 2.19. The number of carboxylic acid groups (broad SMARTS) is 1. The first-order valence-electron chi connectivity index (χ1n) is 6.08. The molecule has 0 atom stereocenters. The van der Waals surface area contributed by atoms with E-state index in [-0.39, 0.29) is 5.69 Å². The Morgan fingerprint density at radius 1 is 1.33 bits per heavy atom. The molecular weight excluding hydrogens is 295 g/mol. The monoisotopic (exact) mass is 308 g/mol. The van der Waals surface area contributed by atoms with Gasteiger partial charge in [0.2, 0.25) is 0 Å². The number of carboxylic acids is 1. The summed E-state index contributed by atoms with van der Waals surface area (Å²) in [6.45, 7) is 2.26. The Balaban J connectivity index is 2.05. The number of thiophene rings is 1. The van der Waals surface area contributed by atoms with Crippen molar-refractivity contribution in [3.63, 3.8) is 0 Å². The first-order valence-corrected chi connectivity index (χ1v) is 6.96. The minimum Gasteiger partial charge on any atom is -0.478 e. The van der Waals surface area contributed by atoms with Crippen LogP contribution >= 0.6 is 11.3 Å². The molecule has 2 amide bonds. The highest BCUT2D eigenvalue weighted by Gasteiger charge is 2.17. The second-order valence-electron chi connectivity index (χ2n) is 4.30. The van der Waals surface area contributed by atoms with E-state index in [1.165, 1.54) is 23.5 Å². The molecule has 2 rings (SSSR count). The molecule has 0 fully saturated rings. The van der Waals surface area contributed by atoms with Crippen LogP contribution in [0.25, 0.3) is 0 Å². The first-order chi connectivity index (χ1) is 9.99. The number of carbonyl (C=O) groups is 2. The van der Waals surface area contributed by atoms with E-state index in [0.717, 1.165) is 16.5 Å². The van der Waals surface area contributed by atoms with Gasteiger partial charge in [-0.2, -0.15) is 0 Å². The molecule has 0 aliphatic heterocycles. The molecule has 0 aliphatic carbocycles. The largest absolute Gasteiger partial charge is 0.478 e. The smallest absolute Gasteiger partial charge is 0.340 e. The van der Waals surface area contributed by atoms with Gasteiger partial charge in [-0.3, -0.25) is 0 Å². The van der Waals surface area contributed by atoms with Crippen molar-refractivity contribution in [2.24, 2.45) is 0 Å². The molecule has 0 radical (unpaired) electrons. The SMILES string of the molecule is Cc1ccsc1CNC(=O)Nc1cccc(F)c1C(=O)O. The number of rotatable bonds is 4. The lowest BCUT2D eigenvalue weighted by atomic mass is 10.1. The van der Waals surface area contributed by atoms with Gasteiger partial charge >= 0.3 is 12.0 Å². The van der Waals surface area contributed by atoms with Gasteiger partial charge in [0.25, 0.3) is 0 Å². The third-order valence-electron chi connectivity index (χ3n) is 2.85. The van der Waals surface area contributed by atoms with Crippen LogP contribution in [0.2, 0.25) is 0 Å². The molecule has 110 valence electrons. The highest BCUT2D eigenvalue weighted by atomic mass is 32.1. The van der Waals surface area contributed by atoms with Gasteiger partial charge in [-0.15, -0.1) is 11.3 Å². The molecule has 3 N–H and O–H groups in total.